The number of carbonyl (C=O) groups is 2. The number of halogens is 2. The first-order valence-corrected chi connectivity index (χ1v) is 9.47. The molecule has 0 atom stereocenters. The number of nitrogens with zero attached hydrogens (tertiary/aromatic N) is 1. The Morgan fingerprint density at radius 1 is 0.926 bits per heavy atom. The van der Waals surface area contributed by atoms with E-state index in [1.165, 1.54) is 0 Å². The van der Waals surface area contributed by atoms with Crippen LogP contribution in [0.15, 0.2) is 60.8 Å². The normalized spacial score (nSPS) is 11.0. The average molecular weight is 416 g/mol. The molecule has 2 aromatic carbocycles. The van der Waals surface area contributed by atoms with E-state index in [1.807, 2.05) is 28.8 Å². The van der Waals surface area contributed by atoms with Crippen LogP contribution in [-0.4, -0.2) is 21.4 Å². The van der Waals surface area contributed by atoms with Gasteiger partial charge in [-0.1, -0.05) is 47.5 Å². The zero-order valence-electron chi connectivity index (χ0n) is 13.6. The zero-order chi connectivity index (χ0) is 19.1. The summed E-state index contributed by atoms with van der Waals surface area (Å²) in [5.74, 6) is -1.27. The molecule has 0 unspecified atom stereocenters. The first-order chi connectivity index (χ1) is 13.0. The second-order valence-corrected chi connectivity index (χ2v) is 7.68. The number of rotatable bonds is 4. The molecular weight excluding hydrogens is 405 g/mol. The van der Waals surface area contributed by atoms with Crippen LogP contribution >= 0.6 is 34.5 Å². The largest absolute Gasteiger partial charge is 0.477 e. The van der Waals surface area contributed by atoms with Crippen molar-refractivity contribution in [1.82, 2.24) is 4.57 Å². The third-order valence-electron chi connectivity index (χ3n) is 4.19. The first kappa shape index (κ1) is 17.8. The van der Waals surface area contributed by atoms with E-state index in [9.17, 15) is 14.7 Å². The number of fused-ring (bicyclic) bond motifs is 1. The molecule has 27 heavy (non-hydrogen) atoms. The molecule has 2 aromatic heterocycles. The predicted octanol–water partition coefficient (Wildman–Crippen LogP) is 5.93. The summed E-state index contributed by atoms with van der Waals surface area (Å²) in [5.41, 5.74) is 1.50. The lowest BCUT2D eigenvalue weighted by Gasteiger charge is -2.05. The molecule has 0 amide bonds. The fraction of sp³-hybridized carbons (Fsp3) is 0. The highest BCUT2D eigenvalue weighted by molar-refractivity contribution is 7.16. The molecule has 0 aliphatic rings. The summed E-state index contributed by atoms with van der Waals surface area (Å²) in [6.45, 7) is 0. The fourth-order valence-electron chi connectivity index (χ4n) is 2.96. The van der Waals surface area contributed by atoms with Crippen LogP contribution in [0, 0.1) is 0 Å². The monoisotopic (exact) mass is 415 g/mol. The minimum absolute atomic E-state index is 0.227. The number of carboxylic acid groups (broad SMARTS) is 1. The van der Waals surface area contributed by atoms with Crippen molar-refractivity contribution in [2.24, 2.45) is 0 Å². The molecule has 0 radical (unpaired) electrons. The quantitative estimate of drug-likeness (QED) is 0.420. The molecule has 1 N–H and O–H groups in total. The van der Waals surface area contributed by atoms with E-state index in [2.05, 4.69) is 0 Å². The highest BCUT2D eigenvalue weighted by atomic mass is 35.5. The summed E-state index contributed by atoms with van der Waals surface area (Å²) >= 11 is 13.6. The van der Waals surface area contributed by atoms with Crippen molar-refractivity contribution in [1.29, 1.82) is 0 Å². The molecule has 7 heteroatoms. The molecular formula is C20H11Cl2NO3S. The molecule has 0 saturated heterocycles. The van der Waals surface area contributed by atoms with Gasteiger partial charge in [0, 0.05) is 17.1 Å². The maximum Gasteiger partial charge on any atom is 0.345 e. The topological polar surface area (TPSA) is 59.3 Å². The molecule has 4 rings (SSSR count). The minimum Gasteiger partial charge on any atom is -0.477 e. The van der Waals surface area contributed by atoms with Crippen LogP contribution in [0.3, 0.4) is 0 Å². The van der Waals surface area contributed by atoms with Crippen molar-refractivity contribution in [3.05, 3.63) is 86.8 Å². The second-order valence-electron chi connectivity index (χ2n) is 5.80. The Morgan fingerprint density at radius 2 is 1.63 bits per heavy atom. The summed E-state index contributed by atoms with van der Waals surface area (Å²) in [4.78, 5) is 24.6. The summed E-state index contributed by atoms with van der Waals surface area (Å²) in [6, 6.07) is 15.6. The Hall–Kier alpha value is -2.60. The Morgan fingerprint density at radius 3 is 2.30 bits per heavy atom. The van der Waals surface area contributed by atoms with Gasteiger partial charge < -0.3 is 9.67 Å². The van der Waals surface area contributed by atoms with Crippen LogP contribution in [-0.2, 0) is 0 Å². The lowest BCUT2D eigenvalue weighted by atomic mass is 10.0. The Kier molecular flexibility index (Phi) is 4.52. The maximum atomic E-state index is 13.2. The van der Waals surface area contributed by atoms with Crippen LogP contribution in [0.1, 0.15) is 25.6 Å². The number of hydrogen-bond donors (Lipinski definition) is 1. The van der Waals surface area contributed by atoms with Gasteiger partial charge in [-0.3, -0.25) is 4.79 Å². The number of carboxylic acids is 1. The number of carbonyl (C=O) groups excluding carboxylic acids is 1. The van der Waals surface area contributed by atoms with Crippen molar-refractivity contribution >= 4 is 57.2 Å². The highest BCUT2D eigenvalue weighted by Crippen LogP contribution is 2.33. The molecule has 0 bridgehead atoms. The van der Waals surface area contributed by atoms with Gasteiger partial charge in [0.1, 0.15) is 9.88 Å². The molecule has 134 valence electrons. The van der Waals surface area contributed by atoms with E-state index in [1.54, 1.807) is 36.5 Å². The molecule has 0 aliphatic heterocycles. The van der Waals surface area contributed by atoms with Gasteiger partial charge in [-0.2, -0.15) is 0 Å². The van der Waals surface area contributed by atoms with Gasteiger partial charge in [0.15, 0.2) is 5.78 Å². The number of benzene rings is 2. The van der Waals surface area contributed by atoms with E-state index in [0.717, 1.165) is 22.2 Å². The van der Waals surface area contributed by atoms with E-state index in [-0.39, 0.29) is 26.3 Å². The van der Waals surface area contributed by atoms with Gasteiger partial charge in [-0.25, -0.2) is 4.79 Å². The van der Waals surface area contributed by atoms with E-state index in [4.69, 9.17) is 23.2 Å². The molecule has 2 heterocycles. The molecule has 0 saturated carbocycles. The van der Waals surface area contributed by atoms with E-state index in [0.29, 0.717) is 10.6 Å². The molecule has 0 spiro atoms. The first-order valence-electron chi connectivity index (χ1n) is 7.89. The van der Waals surface area contributed by atoms with Crippen molar-refractivity contribution < 1.29 is 14.7 Å². The number of para-hydroxylation sites is 1. The third kappa shape index (κ3) is 3.04. The van der Waals surface area contributed by atoms with Gasteiger partial charge in [0.2, 0.25) is 0 Å². The lowest BCUT2D eigenvalue weighted by molar-refractivity contribution is 0.0702. The number of aromatic carboxylic acids is 1. The van der Waals surface area contributed by atoms with Crippen molar-refractivity contribution in [2.45, 2.75) is 0 Å². The number of ketones is 1. The predicted molar refractivity (Wildman–Crippen MR) is 108 cm³/mol. The number of aromatic nitrogens is 1. The summed E-state index contributed by atoms with van der Waals surface area (Å²) < 4.78 is 1.81. The fourth-order valence-corrected chi connectivity index (χ4v) is 4.37. The van der Waals surface area contributed by atoms with Gasteiger partial charge in [0.05, 0.1) is 21.1 Å². The van der Waals surface area contributed by atoms with Crippen LogP contribution in [0.2, 0.25) is 10.0 Å². The van der Waals surface area contributed by atoms with Crippen LogP contribution < -0.4 is 0 Å². The Labute approximate surface area is 168 Å². The Bertz CT molecular complexity index is 1190. The molecule has 0 aliphatic carbocycles. The van der Waals surface area contributed by atoms with E-state index < -0.39 is 5.97 Å². The van der Waals surface area contributed by atoms with Gasteiger partial charge >= 0.3 is 5.97 Å². The molecule has 0 fully saturated rings. The smallest absolute Gasteiger partial charge is 0.345 e. The maximum absolute atomic E-state index is 13.2. The highest BCUT2D eigenvalue weighted by Gasteiger charge is 2.22. The number of thiophene rings is 1. The van der Waals surface area contributed by atoms with Crippen molar-refractivity contribution in [3.63, 3.8) is 0 Å². The summed E-state index contributed by atoms with van der Waals surface area (Å²) in [5, 5.41) is 11.2. The Balaban J connectivity index is 1.92. The second kappa shape index (κ2) is 6.85. The summed E-state index contributed by atoms with van der Waals surface area (Å²) in [6.07, 6.45) is 1.70. The van der Waals surface area contributed by atoms with Gasteiger partial charge in [-0.15, -0.1) is 11.3 Å². The third-order valence-corrected chi connectivity index (χ3v) is 5.89. The molecule has 4 nitrogen and oxygen atoms in total. The van der Waals surface area contributed by atoms with E-state index >= 15 is 0 Å². The number of hydrogen-bond acceptors (Lipinski definition) is 3. The standard InChI is InChI=1S/C20H11Cl2NO3S/c21-13-5-3-6-14(22)18(13)19(24)12-10-23(15-7-2-1-4-11(12)15)17-9-8-16(27-17)20(25)26/h1-10H,(H,25,26). The lowest BCUT2D eigenvalue weighted by Crippen LogP contribution is -2.02. The SMILES string of the molecule is O=C(O)c1ccc(-n2cc(C(=O)c3c(Cl)cccc3Cl)c3ccccc32)s1. The van der Waals surface area contributed by atoms with Gasteiger partial charge in [0.25, 0.3) is 0 Å². The average Bonchev–Trinajstić information content (AvgIpc) is 3.26. The van der Waals surface area contributed by atoms with Gasteiger partial charge in [-0.05, 0) is 30.3 Å². The zero-order valence-corrected chi connectivity index (χ0v) is 16.0. The van der Waals surface area contributed by atoms with Crippen molar-refractivity contribution in [3.8, 4) is 5.00 Å². The minimum atomic E-state index is -0.984. The summed E-state index contributed by atoms with van der Waals surface area (Å²) in [7, 11) is 0. The molecule has 4 aromatic rings. The van der Waals surface area contributed by atoms with Crippen LogP contribution in [0.25, 0.3) is 15.9 Å². The van der Waals surface area contributed by atoms with Crippen LogP contribution in [0.5, 0.6) is 0 Å². The van der Waals surface area contributed by atoms with Crippen molar-refractivity contribution in [2.75, 3.05) is 0 Å². The van der Waals surface area contributed by atoms with Crippen LogP contribution in [0.4, 0.5) is 0 Å².